The van der Waals surface area contributed by atoms with Gasteiger partial charge in [0, 0.05) is 6.42 Å². The van der Waals surface area contributed by atoms with E-state index in [-0.39, 0.29) is 5.91 Å². The zero-order valence-electron chi connectivity index (χ0n) is 11.7. The normalized spacial score (nSPS) is 14.9. The molecule has 0 bridgehead atoms. The highest BCUT2D eigenvalue weighted by atomic mass is 35.5. The number of halogens is 1. The van der Waals surface area contributed by atoms with Gasteiger partial charge < -0.3 is 10.1 Å². The molecular formula is C16H17ClN2O2. The Hall–Kier alpha value is -1.99. The van der Waals surface area contributed by atoms with Crippen molar-refractivity contribution in [2.45, 2.75) is 31.2 Å². The fourth-order valence-corrected chi connectivity index (χ4v) is 2.20. The predicted molar refractivity (Wildman–Crippen MR) is 81.2 cm³/mol. The number of nitriles is 1. The maximum absolute atomic E-state index is 11.8. The maximum Gasteiger partial charge on any atom is 0.221 e. The van der Waals surface area contributed by atoms with Gasteiger partial charge in [0.1, 0.15) is 17.9 Å². The number of aryl methyl sites for hydroxylation is 1. The van der Waals surface area contributed by atoms with Gasteiger partial charge in [-0.15, -0.1) is 0 Å². The number of nitrogens with one attached hydrogen (secondary N) is 1. The summed E-state index contributed by atoms with van der Waals surface area (Å²) in [6.07, 6.45) is 4.06. The van der Waals surface area contributed by atoms with Crippen molar-refractivity contribution in [2.24, 2.45) is 0 Å². The third-order valence-electron chi connectivity index (χ3n) is 3.34. The number of hydrogen-bond acceptors (Lipinski definition) is 3. The van der Waals surface area contributed by atoms with Crippen LogP contribution in [0.1, 0.15) is 24.8 Å². The van der Waals surface area contributed by atoms with Gasteiger partial charge in [-0.2, -0.15) is 5.26 Å². The van der Waals surface area contributed by atoms with E-state index < -0.39 is 5.54 Å². The zero-order valence-corrected chi connectivity index (χ0v) is 12.4. The standard InChI is InChI=1S/C16H17ClN2O2/c1-2-9-21-14-5-3-12(10-13(14)17)4-6-15(20)19-16(11-18)7-8-16/h2-3,5,10H,1,4,6-9H2,(H,19,20). The number of benzene rings is 1. The van der Waals surface area contributed by atoms with E-state index in [1.807, 2.05) is 6.07 Å². The quantitative estimate of drug-likeness (QED) is 0.788. The molecule has 4 nitrogen and oxygen atoms in total. The van der Waals surface area contributed by atoms with Gasteiger partial charge in [-0.1, -0.05) is 30.3 Å². The van der Waals surface area contributed by atoms with Crippen LogP contribution >= 0.6 is 11.6 Å². The van der Waals surface area contributed by atoms with Crippen LogP contribution in [0.2, 0.25) is 5.02 Å². The summed E-state index contributed by atoms with van der Waals surface area (Å²) in [6, 6.07) is 7.61. The first-order valence-electron chi connectivity index (χ1n) is 6.83. The third kappa shape index (κ3) is 4.24. The molecule has 1 fully saturated rings. The van der Waals surface area contributed by atoms with E-state index in [0.29, 0.717) is 30.2 Å². The largest absolute Gasteiger partial charge is 0.488 e. The minimum atomic E-state index is -0.600. The minimum Gasteiger partial charge on any atom is -0.488 e. The molecule has 1 N–H and O–H groups in total. The summed E-state index contributed by atoms with van der Waals surface area (Å²) in [5, 5.41) is 12.2. The number of ether oxygens (including phenoxy) is 1. The molecule has 0 aromatic heterocycles. The van der Waals surface area contributed by atoms with Gasteiger partial charge in [0.2, 0.25) is 5.91 Å². The van der Waals surface area contributed by atoms with Crippen LogP contribution < -0.4 is 10.1 Å². The molecule has 1 aromatic carbocycles. The van der Waals surface area contributed by atoms with Gasteiger partial charge in [-0.25, -0.2) is 0 Å². The van der Waals surface area contributed by atoms with Crippen molar-refractivity contribution in [2.75, 3.05) is 6.61 Å². The molecule has 0 saturated heterocycles. The van der Waals surface area contributed by atoms with Crippen molar-refractivity contribution in [3.8, 4) is 11.8 Å². The SMILES string of the molecule is C=CCOc1ccc(CCC(=O)NC2(C#N)CC2)cc1Cl. The average Bonchev–Trinajstić information content (AvgIpc) is 3.24. The van der Waals surface area contributed by atoms with Crippen LogP contribution in [0.5, 0.6) is 5.75 Å². The first-order chi connectivity index (χ1) is 10.1. The van der Waals surface area contributed by atoms with Crippen LogP contribution in [0.25, 0.3) is 0 Å². The van der Waals surface area contributed by atoms with Crippen molar-refractivity contribution in [1.82, 2.24) is 5.32 Å². The van der Waals surface area contributed by atoms with Crippen LogP contribution in [0.3, 0.4) is 0 Å². The summed E-state index contributed by atoms with van der Waals surface area (Å²) in [5.74, 6) is 0.503. The molecular weight excluding hydrogens is 288 g/mol. The smallest absolute Gasteiger partial charge is 0.221 e. The van der Waals surface area contributed by atoms with Crippen LogP contribution in [-0.2, 0) is 11.2 Å². The molecule has 0 atom stereocenters. The Morgan fingerprint density at radius 1 is 1.57 bits per heavy atom. The summed E-state index contributed by atoms with van der Waals surface area (Å²) in [6.45, 7) is 3.98. The highest BCUT2D eigenvalue weighted by Gasteiger charge is 2.44. The van der Waals surface area contributed by atoms with E-state index in [4.69, 9.17) is 21.6 Å². The van der Waals surface area contributed by atoms with E-state index >= 15 is 0 Å². The van der Waals surface area contributed by atoms with Crippen molar-refractivity contribution < 1.29 is 9.53 Å². The molecule has 5 heteroatoms. The van der Waals surface area contributed by atoms with Crippen molar-refractivity contribution in [3.63, 3.8) is 0 Å². The molecule has 1 saturated carbocycles. The molecule has 0 radical (unpaired) electrons. The molecule has 0 unspecified atom stereocenters. The fourth-order valence-electron chi connectivity index (χ4n) is 1.94. The van der Waals surface area contributed by atoms with Crippen molar-refractivity contribution in [3.05, 3.63) is 41.4 Å². The molecule has 110 valence electrons. The lowest BCUT2D eigenvalue weighted by Crippen LogP contribution is -2.35. The Kier molecular flexibility index (Phi) is 4.87. The van der Waals surface area contributed by atoms with Crippen LogP contribution in [-0.4, -0.2) is 18.1 Å². The van der Waals surface area contributed by atoms with Crippen molar-refractivity contribution >= 4 is 17.5 Å². The predicted octanol–water partition coefficient (Wildman–Crippen LogP) is 3.01. The van der Waals surface area contributed by atoms with Gasteiger partial charge in [0.25, 0.3) is 0 Å². The van der Waals surface area contributed by atoms with Crippen LogP contribution in [0.15, 0.2) is 30.9 Å². The summed E-state index contributed by atoms with van der Waals surface area (Å²) in [5.41, 5.74) is 0.361. The van der Waals surface area contributed by atoms with E-state index in [0.717, 1.165) is 18.4 Å². The lowest BCUT2D eigenvalue weighted by atomic mass is 10.1. The van der Waals surface area contributed by atoms with Gasteiger partial charge in [-0.3, -0.25) is 4.79 Å². The van der Waals surface area contributed by atoms with Gasteiger partial charge in [0.15, 0.2) is 0 Å². The number of carbonyl (C=O) groups excluding carboxylic acids is 1. The van der Waals surface area contributed by atoms with Gasteiger partial charge in [-0.05, 0) is 37.0 Å². The first kappa shape index (κ1) is 15.4. The number of nitrogens with zero attached hydrogens (tertiary/aromatic N) is 1. The summed E-state index contributed by atoms with van der Waals surface area (Å²) < 4.78 is 5.39. The molecule has 21 heavy (non-hydrogen) atoms. The zero-order chi connectivity index (χ0) is 15.3. The van der Waals surface area contributed by atoms with E-state index in [9.17, 15) is 4.79 Å². The number of carbonyl (C=O) groups is 1. The Balaban J connectivity index is 1.86. The summed E-state index contributed by atoms with van der Waals surface area (Å²) >= 11 is 6.12. The maximum atomic E-state index is 11.8. The molecule has 0 aliphatic heterocycles. The molecule has 0 heterocycles. The van der Waals surface area contributed by atoms with E-state index in [1.54, 1.807) is 18.2 Å². The fraction of sp³-hybridized carbons (Fsp3) is 0.375. The van der Waals surface area contributed by atoms with Crippen LogP contribution in [0, 0.1) is 11.3 Å². The second kappa shape index (κ2) is 6.64. The molecule has 1 amide bonds. The lowest BCUT2D eigenvalue weighted by Gasteiger charge is -2.10. The monoisotopic (exact) mass is 304 g/mol. The topological polar surface area (TPSA) is 62.1 Å². The second-order valence-corrected chi connectivity index (χ2v) is 5.51. The molecule has 1 aliphatic rings. The second-order valence-electron chi connectivity index (χ2n) is 5.11. The Morgan fingerprint density at radius 2 is 2.33 bits per heavy atom. The molecule has 1 aliphatic carbocycles. The highest BCUT2D eigenvalue weighted by Crippen LogP contribution is 2.34. The van der Waals surface area contributed by atoms with Gasteiger partial charge >= 0.3 is 0 Å². The lowest BCUT2D eigenvalue weighted by molar-refractivity contribution is -0.121. The Labute approximate surface area is 129 Å². The molecule has 0 spiro atoms. The Bertz CT molecular complexity index is 588. The van der Waals surface area contributed by atoms with Crippen LogP contribution in [0.4, 0.5) is 0 Å². The minimum absolute atomic E-state index is 0.0999. The molecule has 1 aromatic rings. The number of hydrogen-bond donors (Lipinski definition) is 1. The van der Waals surface area contributed by atoms with Gasteiger partial charge in [0.05, 0.1) is 11.1 Å². The highest BCUT2D eigenvalue weighted by molar-refractivity contribution is 6.32. The summed E-state index contributed by atoms with van der Waals surface area (Å²) in [4.78, 5) is 11.8. The van der Waals surface area contributed by atoms with E-state index in [2.05, 4.69) is 18.0 Å². The average molecular weight is 305 g/mol. The van der Waals surface area contributed by atoms with Crippen molar-refractivity contribution in [1.29, 1.82) is 5.26 Å². The third-order valence-corrected chi connectivity index (χ3v) is 3.63. The Morgan fingerprint density at radius 3 is 2.90 bits per heavy atom. The number of rotatable bonds is 7. The summed E-state index contributed by atoms with van der Waals surface area (Å²) in [7, 11) is 0. The number of amides is 1. The first-order valence-corrected chi connectivity index (χ1v) is 7.21. The molecule has 2 rings (SSSR count). The van der Waals surface area contributed by atoms with E-state index in [1.165, 1.54) is 0 Å².